The van der Waals surface area contributed by atoms with Gasteiger partial charge in [-0.25, -0.2) is 4.68 Å². The molecule has 0 unspecified atom stereocenters. The number of nitrogens with one attached hydrogen (secondary N) is 1. The minimum atomic E-state index is -0.469. The van der Waals surface area contributed by atoms with E-state index in [0.717, 1.165) is 12.0 Å². The van der Waals surface area contributed by atoms with E-state index in [0.29, 0.717) is 28.7 Å². The summed E-state index contributed by atoms with van der Waals surface area (Å²) in [6.45, 7) is 5.60. The van der Waals surface area contributed by atoms with E-state index in [-0.39, 0.29) is 23.8 Å². The van der Waals surface area contributed by atoms with E-state index >= 15 is 0 Å². The minimum absolute atomic E-state index is 0.0209. The molecule has 160 valence electrons. The number of para-hydroxylation sites is 1. The number of nitrogens with zero attached hydrogens (tertiary/aromatic N) is 3. The zero-order valence-corrected chi connectivity index (χ0v) is 17.4. The Labute approximate surface area is 178 Å². The average molecular weight is 422 g/mol. The molecule has 0 aliphatic carbocycles. The molecule has 9 nitrogen and oxygen atoms in total. The van der Waals surface area contributed by atoms with E-state index in [1.165, 1.54) is 16.8 Å². The number of anilines is 1. The highest BCUT2D eigenvalue weighted by Crippen LogP contribution is 2.41. The van der Waals surface area contributed by atoms with Crippen LogP contribution in [0.25, 0.3) is 5.69 Å². The lowest BCUT2D eigenvalue weighted by Gasteiger charge is -2.18. The first-order valence-electron chi connectivity index (χ1n) is 9.77. The Bertz CT molecular complexity index is 1150. The molecule has 0 saturated heterocycles. The Balaban J connectivity index is 1.46. The molecule has 31 heavy (non-hydrogen) atoms. The van der Waals surface area contributed by atoms with E-state index in [1.807, 2.05) is 26.0 Å². The van der Waals surface area contributed by atoms with Gasteiger partial charge in [0.15, 0.2) is 18.1 Å². The molecule has 0 spiro atoms. The van der Waals surface area contributed by atoms with Crippen LogP contribution in [0.1, 0.15) is 25.1 Å². The minimum Gasteiger partial charge on any atom is -0.483 e. The summed E-state index contributed by atoms with van der Waals surface area (Å²) in [4.78, 5) is 22.9. The van der Waals surface area contributed by atoms with Crippen LogP contribution in [0, 0.1) is 17.0 Å². The van der Waals surface area contributed by atoms with Crippen molar-refractivity contribution in [3.05, 3.63) is 69.9 Å². The van der Waals surface area contributed by atoms with Crippen molar-refractivity contribution in [2.24, 2.45) is 0 Å². The summed E-state index contributed by atoms with van der Waals surface area (Å²) in [5.74, 6) is 1.28. The van der Waals surface area contributed by atoms with Crippen molar-refractivity contribution in [3.63, 3.8) is 0 Å². The number of carbonyl (C=O) groups excluding carboxylic acids is 1. The van der Waals surface area contributed by atoms with Crippen LogP contribution in [-0.2, 0) is 11.2 Å². The van der Waals surface area contributed by atoms with Gasteiger partial charge in [-0.3, -0.25) is 14.9 Å². The van der Waals surface area contributed by atoms with Crippen molar-refractivity contribution in [2.45, 2.75) is 32.8 Å². The van der Waals surface area contributed by atoms with Crippen molar-refractivity contribution in [2.75, 3.05) is 11.9 Å². The number of aromatic nitrogens is 2. The number of aryl methyl sites for hydroxylation is 1. The molecule has 0 bridgehead atoms. The molecular formula is C22H22N4O5. The number of ether oxygens (including phenoxy) is 2. The van der Waals surface area contributed by atoms with Crippen LogP contribution in [0.4, 0.5) is 11.5 Å². The van der Waals surface area contributed by atoms with Crippen LogP contribution >= 0.6 is 0 Å². The van der Waals surface area contributed by atoms with Gasteiger partial charge in [-0.15, -0.1) is 0 Å². The molecule has 0 fully saturated rings. The number of fused-ring (bicyclic) bond motifs is 1. The van der Waals surface area contributed by atoms with Crippen LogP contribution in [0.5, 0.6) is 11.5 Å². The third kappa shape index (κ3) is 4.35. The standard InChI is InChI=1S/C22H22N4O5/c1-14-11-19(25(24-14)16-7-9-17(10-8-16)26(28)29)23-20(27)13-30-18-6-4-5-15-12-22(2,3)31-21(15)18/h4-11H,12-13H2,1-3H3,(H,23,27). The highest BCUT2D eigenvalue weighted by atomic mass is 16.6. The Kier molecular flexibility index (Phi) is 5.10. The molecule has 3 aromatic rings. The third-order valence-electron chi connectivity index (χ3n) is 4.82. The van der Waals surface area contributed by atoms with Gasteiger partial charge in [0.2, 0.25) is 0 Å². The van der Waals surface area contributed by atoms with Crippen LogP contribution in [-0.4, -0.2) is 32.8 Å². The largest absolute Gasteiger partial charge is 0.483 e. The number of nitro benzene ring substituents is 1. The monoisotopic (exact) mass is 422 g/mol. The van der Waals surface area contributed by atoms with Gasteiger partial charge in [0.05, 0.1) is 16.3 Å². The second-order valence-corrected chi connectivity index (χ2v) is 7.98. The second kappa shape index (κ2) is 7.75. The van der Waals surface area contributed by atoms with Gasteiger partial charge < -0.3 is 14.8 Å². The van der Waals surface area contributed by atoms with Crippen LogP contribution in [0.15, 0.2) is 48.5 Å². The van der Waals surface area contributed by atoms with Gasteiger partial charge in [-0.1, -0.05) is 12.1 Å². The van der Waals surface area contributed by atoms with Crippen LogP contribution in [0.2, 0.25) is 0 Å². The summed E-state index contributed by atoms with van der Waals surface area (Å²) in [5.41, 5.74) is 2.00. The van der Waals surface area contributed by atoms with E-state index in [4.69, 9.17) is 9.47 Å². The first-order valence-corrected chi connectivity index (χ1v) is 9.77. The fourth-order valence-corrected chi connectivity index (χ4v) is 3.52. The van der Waals surface area contributed by atoms with E-state index in [2.05, 4.69) is 10.4 Å². The van der Waals surface area contributed by atoms with Crippen molar-refractivity contribution < 1.29 is 19.2 Å². The fraction of sp³-hybridized carbons (Fsp3) is 0.273. The quantitative estimate of drug-likeness (QED) is 0.478. The molecule has 2 heterocycles. The number of hydrogen-bond acceptors (Lipinski definition) is 6. The van der Waals surface area contributed by atoms with Gasteiger partial charge in [0, 0.05) is 30.2 Å². The lowest BCUT2D eigenvalue weighted by atomic mass is 10.0. The van der Waals surface area contributed by atoms with Gasteiger partial charge in [0.25, 0.3) is 11.6 Å². The number of carbonyl (C=O) groups is 1. The Hall–Kier alpha value is -3.88. The molecule has 9 heteroatoms. The van der Waals surface area contributed by atoms with Gasteiger partial charge in [-0.05, 0) is 39.0 Å². The number of non-ortho nitro benzene ring substituents is 1. The van der Waals surface area contributed by atoms with Crippen molar-refractivity contribution >= 4 is 17.4 Å². The predicted molar refractivity (Wildman–Crippen MR) is 114 cm³/mol. The summed E-state index contributed by atoms with van der Waals surface area (Å²) >= 11 is 0. The van der Waals surface area contributed by atoms with Crippen LogP contribution < -0.4 is 14.8 Å². The molecule has 1 aliphatic heterocycles. The summed E-state index contributed by atoms with van der Waals surface area (Å²) < 4.78 is 13.2. The maximum absolute atomic E-state index is 12.5. The molecule has 0 radical (unpaired) electrons. The number of rotatable bonds is 6. The van der Waals surface area contributed by atoms with Gasteiger partial charge >= 0.3 is 0 Å². The van der Waals surface area contributed by atoms with E-state index < -0.39 is 4.92 Å². The first kappa shape index (κ1) is 20.4. The van der Waals surface area contributed by atoms with Crippen molar-refractivity contribution in [1.82, 2.24) is 9.78 Å². The molecule has 1 N–H and O–H groups in total. The summed E-state index contributed by atoms with van der Waals surface area (Å²) in [6.07, 6.45) is 0.777. The number of benzene rings is 2. The molecule has 0 atom stereocenters. The highest BCUT2D eigenvalue weighted by molar-refractivity contribution is 5.91. The summed E-state index contributed by atoms with van der Waals surface area (Å²) in [7, 11) is 0. The second-order valence-electron chi connectivity index (χ2n) is 7.98. The summed E-state index contributed by atoms with van der Waals surface area (Å²) in [5, 5.41) is 18.0. The van der Waals surface area contributed by atoms with E-state index in [1.54, 1.807) is 31.2 Å². The molecule has 2 aromatic carbocycles. The number of nitro groups is 1. The van der Waals surface area contributed by atoms with Gasteiger partial charge in [-0.2, -0.15) is 5.10 Å². The summed E-state index contributed by atoms with van der Waals surface area (Å²) in [6, 6.07) is 13.3. The first-order chi connectivity index (χ1) is 14.7. The van der Waals surface area contributed by atoms with Crippen molar-refractivity contribution in [3.8, 4) is 17.2 Å². The van der Waals surface area contributed by atoms with Gasteiger partial charge in [0.1, 0.15) is 11.4 Å². The molecule has 4 rings (SSSR count). The van der Waals surface area contributed by atoms with Crippen LogP contribution in [0.3, 0.4) is 0 Å². The SMILES string of the molecule is Cc1cc(NC(=O)COc2cccc3c2OC(C)(C)C3)n(-c2ccc([N+](=O)[O-])cc2)n1. The highest BCUT2D eigenvalue weighted by Gasteiger charge is 2.32. The number of hydrogen-bond donors (Lipinski definition) is 1. The van der Waals surface area contributed by atoms with Crippen molar-refractivity contribution in [1.29, 1.82) is 0 Å². The predicted octanol–water partition coefficient (Wildman–Crippen LogP) is 3.82. The Morgan fingerprint density at radius 1 is 1.29 bits per heavy atom. The maximum atomic E-state index is 12.5. The lowest BCUT2D eigenvalue weighted by Crippen LogP contribution is -2.25. The molecule has 1 amide bonds. The molecule has 1 aliphatic rings. The Morgan fingerprint density at radius 3 is 2.74 bits per heavy atom. The Morgan fingerprint density at radius 2 is 2.03 bits per heavy atom. The zero-order chi connectivity index (χ0) is 22.2. The normalized spacial score (nSPS) is 13.9. The maximum Gasteiger partial charge on any atom is 0.269 e. The lowest BCUT2D eigenvalue weighted by molar-refractivity contribution is -0.384. The molecule has 0 saturated carbocycles. The van der Waals surface area contributed by atoms with E-state index in [9.17, 15) is 14.9 Å². The average Bonchev–Trinajstić information content (AvgIpc) is 3.24. The smallest absolute Gasteiger partial charge is 0.269 e. The molecular weight excluding hydrogens is 400 g/mol. The third-order valence-corrected chi connectivity index (χ3v) is 4.82. The molecule has 1 aromatic heterocycles. The topological polar surface area (TPSA) is 109 Å². The zero-order valence-electron chi connectivity index (χ0n) is 17.4. The fourth-order valence-electron chi connectivity index (χ4n) is 3.52. The number of amides is 1.